The van der Waals surface area contributed by atoms with E-state index in [0.717, 1.165) is 11.3 Å². The van der Waals surface area contributed by atoms with Gasteiger partial charge in [0, 0.05) is 11.3 Å². The maximum absolute atomic E-state index is 12.4. The molecular formula is C19H20Cl3N3O2S. The lowest BCUT2D eigenvalue weighted by Gasteiger charge is -2.27. The fraction of sp³-hybridized carbons (Fsp3) is 0.263. The lowest BCUT2D eigenvalue weighted by atomic mass is 10.1. The minimum Gasteiger partial charge on any atom is -0.494 e. The van der Waals surface area contributed by atoms with Crippen LogP contribution in [0.1, 0.15) is 22.8 Å². The second kappa shape index (κ2) is 10.2. The second-order valence-corrected chi connectivity index (χ2v) is 8.65. The molecule has 1 unspecified atom stereocenters. The maximum Gasteiger partial charge on any atom is 0.252 e. The summed E-state index contributed by atoms with van der Waals surface area (Å²) in [5, 5.41) is 8.62. The third-order valence-electron chi connectivity index (χ3n) is 3.62. The molecule has 0 spiro atoms. The Balaban J connectivity index is 2.01. The molecular weight excluding hydrogens is 441 g/mol. The van der Waals surface area contributed by atoms with Crippen LogP contribution in [-0.2, 0) is 0 Å². The largest absolute Gasteiger partial charge is 0.494 e. The number of carbonyl (C=O) groups is 1. The van der Waals surface area contributed by atoms with Gasteiger partial charge in [-0.25, -0.2) is 0 Å². The number of anilines is 1. The Bertz CT molecular complexity index is 809. The zero-order valence-corrected chi connectivity index (χ0v) is 18.3. The molecule has 0 aliphatic carbocycles. The molecule has 0 heterocycles. The van der Waals surface area contributed by atoms with Gasteiger partial charge in [-0.05, 0) is 62.5 Å². The first-order valence-corrected chi connectivity index (χ1v) is 9.98. The highest BCUT2D eigenvalue weighted by atomic mass is 35.6. The zero-order chi connectivity index (χ0) is 20.7. The molecule has 3 N–H and O–H groups in total. The third kappa shape index (κ3) is 7.02. The van der Waals surface area contributed by atoms with Crippen LogP contribution in [0.25, 0.3) is 0 Å². The van der Waals surface area contributed by atoms with Gasteiger partial charge in [0.15, 0.2) is 5.11 Å². The van der Waals surface area contributed by atoms with E-state index in [2.05, 4.69) is 16.0 Å². The van der Waals surface area contributed by atoms with E-state index in [1.54, 1.807) is 36.4 Å². The molecule has 0 radical (unpaired) electrons. The van der Waals surface area contributed by atoms with Crippen molar-refractivity contribution >= 4 is 63.7 Å². The Morgan fingerprint density at radius 1 is 1.07 bits per heavy atom. The fourth-order valence-corrected chi connectivity index (χ4v) is 2.78. The van der Waals surface area contributed by atoms with Gasteiger partial charge in [-0.15, -0.1) is 0 Å². The molecule has 1 amide bonds. The summed E-state index contributed by atoms with van der Waals surface area (Å²) < 4.78 is 3.56. The monoisotopic (exact) mass is 459 g/mol. The summed E-state index contributed by atoms with van der Waals surface area (Å²) in [5.74, 6) is 0.351. The summed E-state index contributed by atoms with van der Waals surface area (Å²) in [7, 11) is 0. The molecule has 150 valence electrons. The summed E-state index contributed by atoms with van der Waals surface area (Å²) in [6.07, 6.45) is -1.05. The van der Waals surface area contributed by atoms with Crippen LogP contribution in [-0.4, -0.2) is 27.6 Å². The highest BCUT2D eigenvalue weighted by Crippen LogP contribution is 2.29. The van der Waals surface area contributed by atoms with E-state index in [4.69, 9.17) is 51.8 Å². The van der Waals surface area contributed by atoms with Gasteiger partial charge in [0.05, 0.1) is 6.61 Å². The first kappa shape index (κ1) is 22.6. The van der Waals surface area contributed by atoms with Crippen molar-refractivity contribution in [3.05, 3.63) is 59.7 Å². The number of hydrogen-bond acceptors (Lipinski definition) is 3. The van der Waals surface area contributed by atoms with Gasteiger partial charge in [0.1, 0.15) is 11.9 Å². The average Bonchev–Trinajstić information content (AvgIpc) is 2.62. The number of halogens is 3. The van der Waals surface area contributed by atoms with E-state index < -0.39 is 15.9 Å². The third-order valence-corrected chi connectivity index (χ3v) is 4.49. The van der Waals surface area contributed by atoms with Crippen molar-refractivity contribution in [2.45, 2.75) is 23.8 Å². The fourth-order valence-electron chi connectivity index (χ4n) is 2.22. The van der Waals surface area contributed by atoms with Crippen LogP contribution < -0.4 is 20.7 Å². The molecule has 2 rings (SSSR count). The molecule has 0 fully saturated rings. The number of nitrogens with one attached hydrogen (secondary N) is 3. The molecule has 2 aromatic rings. The summed E-state index contributed by atoms with van der Waals surface area (Å²) >= 11 is 23.3. The van der Waals surface area contributed by atoms with Gasteiger partial charge in [-0.2, -0.15) is 0 Å². The Labute approximate surface area is 184 Å². The SMILES string of the molecule is CCOc1ccc(NC(=S)NC(NC(=O)c2ccc(C)cc2)C(Cl)(Cl)Cl)cc1. The molecule has 0 aliphatic rings. The van der Waals surface area contributed by atoms with E-state index in [1.807, 2.05) is 26.0 Å². The first-order chi connectivity index (χ1) is 13.2. The van der Waals surface area contributed by atoms with Crippen LogP contribution in [0.4, 0.5) is 5.69 Å². The van der Waals surface area contributed by atoms with Crippen molar-refractivity contribution in [1.82, 2.24) is 10.6 Å². The number of carbonyl (C=O) groups excluding carboxylic acids is 1. The number of ether oxygens (including phenoxy) is 1. The topological polar surface area (TPSA) is 62.4 Å². The van der Waals surface area contributed by atoms with Crippen LogP contribution in [0, 0.1) is 6.92 Å². The van der Waals surface area contributed by atoms with Gasteiger partial charge in [-0.3, -0.25) is 4.79 Å². The van der Waals surface area contributed by atoms with Crippen molar-refractivity contribution in [3.8, 4) is 5.75 Å². The van der Waals surface area contributed by atoms with Crippen LogP contribution in [0.3, 0.4) is 0 Å². The minimum atomic E-state index is -1.83. The predicted molar refractivity (Wildman–Crippen MR) is 120 cm³/mol. The lowest BCUT2D eigenvalue weighted by Crippen LogP contribution is -2.56. The average molecular weight is 461 g/mol. The van der Waals surface area contributed by atoms with Crippen molar-refractivity contribution in [3.63, 3.8) is 0 Å². The van der Waals surface area contributed by atoms with E-state index in [-0.39, 0.29) is 5.11 Å². The smallest absolute Gasteiger partial charge is 0.252 e. The first-order valence-electron chi connectivity index (χ1n) is 8.43. The molecule has 0 aromatic heterocycles. The zero-order valence-electron chi connectivity index (χ0n) is 15.3. The molecule has 0 saturated heterocycles. The quantitative estimate of drug-likeness (QED) is 0.328. The molecule has 9 heteroatoms. The number of thiocarbonyl (C=S) groups is 1. The Morgan fingerprint density at radius 3 is 2.21 bits per heavy atom. The van der Waals surface area contributed by atoms with Crippen molar-refractivity contribution in [1.29, 1.82) is 0 Å². The number of amides is 1. The van der Waals surface area contributed by atoms with Gasteiger partial charge >= 0.3 is 0 Å². The summed E-state index contributed by atoms with van der Waals surface area (Å²) in [6, 6.07) is 14.2. The van der Waals surface area contributed by atoms with E-state index in [1.165, 1.54) is 0 Å². The van der Waals surface area contributed by atoms with E-state index in [0.29, 0.717) is 17.9 Å². The van der Waals surface area contributed by atoms with Gasteiger partial charge in [-0.1, -0.05) is 52.5 Å². The summed E-state index contributed by atoms with van der Waals surface area (Å²) in [6.45, 7) is 4.42. The highest BCUT2D eigenvalue weighted by molar-refractivity contribution is 7.80. The number of rotatable bonds is 6. The van der Waals surface area contributed by atoms with Gasteiger partial charge < -0.3 is 20.7 Å². The number of benzene rings is 2. The van der Waals surface area contributed by atoms with Gasteiger partial charge in [0.25, 0.3) is 5.91 Å². The minimum absolute atomic E-state index is 0.185. The van der Waals surface area contributed by atoms with E-state index >= 15 is 0 Å². The maximum atomic E-state index is 12.4. The number of hydrogen-bond donors (Lipinski definition) is 3. The molecule has 2 aromatic carbocycles. The highest BCUT2D eigenvalue weighted by Gasteiger charge is 2.34. The Morgan fingerprint density at radius 2 is 1.68 bits per heavy atom. The van der Waals surface area contributed by atoms with Gasteiger partial charge in [0.2, 0.25) is 3.79 Å². The molecule has 28 heavy (non-hydrogen) atoms. The van der Waals surface area contributed by atoms with E-state index in [9.17, 15) is 4.79 Å². The van der Waals surface area contributed by atoms with Crippen molar-refractivity contribution in [2.24, 2.45) is 0 Å². The molecule has 1 atom stereocenters. The van der Waals surface area contributed by atoms with Crippen LogP contribution in [0.5, 0.6) is 5.75 Å². The number of alkyl halides is 3. The molecule has 0 aliphatic heterocycles. The van der Waals surface area contributed by atoms with Crippen LogP contribution in [0.15, 0.2) is 48.5 Å². The summed E-state index contributed by atoms with van der Waals surface area (Å²) in [5.41, 5.74) is 2.19. The van der Waals surface area contributed by atoms with Crippen LogP contribution in [0.2, 0.25) is 0 Å². The van der Waals surface area contributed by atoms with Crippen molar-refractivity contribution < 1.29 is 9.53 Å². The molecule has 0 bridgehead atoms. The Kier molecular flexibility index (Phi) is 8.19. The lowest BCUT2D eigenvalue weighted by molar-refractivity contribution is 0.0934. The van der Waals surface area contributed by atoms with Crippen molar-refractivity contribution in [2.75, 3.05) is 11.9 Å². The normalized spacial score (nSPS) is 12.0. The Hall–Kier alpha value is -1.73. The molecule has 0 saturated carbocycles. The standard InChI is InChI=1S/C19H20Cl3N3O2S/c1-3-27-15-10-8-14(9-11-15)23-18(28)25-17(19(20,21)22)24-16(26)13-6-4-12(2)5-7-13/h4-11,17H,3H2,1-2H3,(H,24,26)(H2,23,25,28). The molecule has 5 nitrogen and oxygen atoms in total. The predicted octanol–water partition coefficient (Wildman–Crippen LogP) is 4.81. The van der Waals surface area contributed by atoms with Crippen LogP contribution >= 0.6 is 47.0 Å². The number of aryl methyl sites for hydroxylation is 1. The second-order valence-electron chi connectivity index (χ2n) is 5.87. The summed E-state index contributed by atoms with van der Waals surface area (Å²) in [4.78, 5) is 12.4.